The van der Waals surface area contributed by atoms with Crippen LogP contribution in [0.3, 0.4) is 0 Å². The number of rotatable bonds is 7. The van der Waals surface area contributed by atoms with E-state index in [9.17, 15) is 0 Å². The highest BCUT2D eigenvalue weighted by atomic mass is 14.4. The van der Waals surface area contributed by atoms with Crippen LogP contribution in [0.4, 0.5) is 0 Å². The lowest BCUT2D eigenvalue weighted by Gasteiger charge is -2.22. The van der Waals surface area contributed by atoms with E-state index in [4.69, 9.17) is 0 Å². The zero-order valence-electron chi connectivity index (χ0n) is 42.2. The molecule has 0 radical (unpaired) electrons. The lowest BCUT2D eigenvalue weighted by atomic mass is 9.81. The molecule has 12 aromatic carbocycles. The van der Waals surface area contributed by atoms with Gasteiger partial charge in [0.1, 0.15) is 0 Å². The van der Waals surface area contributed by atoms with Crippen LogP contribution >= 0.6 is 0 Å². The zero-order valence-corrected chi connectivity index (χ0v) is 42.2. The average Bonchev–Trinajstić information content (AvgIpc) is 3.60. The van der Waals surface area contributed by atoms with Crippen LogP contribution in [0.25, 0.3) is 121 Å². The number of hydrogen-bond acceptors (Lipinski definition) is 0. The molecular formula is C71H58. The molecule has 71 heavy (non-hydrogen) atoms. The van der Waals surface area contributed by atoms with Gasteiger partial charge in [0, 0.05) is 5.41 Å². The maximum atomic E-state index is 2.48. The predicted octanol–water partition coefficient (Wildman–Crippen LogP) is 20.0. The van der Waals surface area contributed by atoms with Crippen molar-refractivity contribution < 1.29 is 0 Å². The van der Waals surface area contributed by atoms with Crippen LogP contribution in [0.5, 0.6) is 0 Å². The molecule has 0 amide bonds. The van der Waals surface area contributed by atoms with E-state index in [0.29, 0.717) is 5.92 Å². The molecule has 0 heteroatoms. The highest BCUT2D eigenvalue weighted by Gasteiger charge is 2.35. The quantitative estimate of drug-likeness (QED) is 0.140. The van der Waals surface area contributed by atoms with Crippen LogP contribution in [0.2, 0.25) is 0 Å². The molecule has 0 N–H and O–H groups in total. The first kappa shape index (κ1) is 43.2. The summed E-state index contributed by atoms with van der Waals surface area (Å²) < 4.78 is 0. The second-order valence-corrected chi connectivity index (χ2v) is 21.9. The summed E-state index contributed by atoms with van der Waals surface area (Å²) in [5.41, 5.74) is 24.5. The molecule has 0 spiro atoms. The topological polar surface area (TPSA) is 0 Å². The Morgan fingerprint density at radius 3 is 1.38 bits per heavy atom. The third-order valence-corrected chi connectivity index (χ3v) is 16.4. The van der Waals surface area contributed by atoms with Crippen molar-refractivity contribution in [2.45, 2.75) is 67.2 Å². The smallest absolute Gasteiger partial charge is 0.0159 e. The van der Waals surface area contributed by atoms with E-state index in [1.807, 2.05) is 0 Å². The molecule has 0 aromatic heterocycles. The molecule has 0 nitrogen and oxygen atoms in total. The maximum absolute atomic E-state index is 2.48. The Balaban J connectivity index is 0.990. The Hall–Kier alpha value is -7.80. The van der Waals surface area contributed by atoms with Crippen molar-refractivity contribution >= 4 is 53.9 Å². The third-order valence-electron chi connectivity index (χ3n) is 16.4. The van der Waals surface area contributed by atoms with Gasteiger partial charge in [0.25, 0.3) is 0 Å². The summed E-state index contributed by atoms with van der Waals surface area (Å²) in [5, 5.41) is 13.0. The summed E-state index contributed by atoms with van der Waals surface area (Å²) in [5.74, 6) is 0.615. The fourth-order valence-corrected chi connectivity index (χ4v) is 12.3. The molecule has 0 unspecified atom stereocenters. The van der Waals surface area contributed by atoms with Gasteiger partial charge in [-0.3, -0.25) is 0 Å². The van der Waals surface area contributed by atoms with E-state index >= 15 is 0 Å². The molecule has 0 heterocycles. The van der Waals surface area contributed by atoms with Gasteiger partial charge in [0.05, 0.1) is 0 Å². The van der Waals surface area contributed by atoms with E-state index in [-0.39, 0.29) is 5.41 Å². The van der Waals surface area contributed by atoms with Gasteiger partial charge in [-0.05, 0) is 242 Å². The zero-order chi connectivity index (χ0) is 48.4. The van der Waals surface area contributed by atoms with E-state index in [1.165, 1.54) is 160 Å². The lowest BCUT2D eigenvalue weighted by molar-refractivity contribution is 0.648. The molecule has 13 rings (SSSR count). The van der Waals surface area contributed by atoms with Gasteiger partial charge in [-0.1, -0.05) is 173 Å². The molecule has 1 aliphatic carbocycles. The lowest BCUT2D eigenvalue weighted by Crippen LogP contribution is -2.14. The summed E-state index contributed by atoms with van der Waals surface area (Å²) in [7, 11) is 0. The van der Waals surface area contributed by atoms with E-state index in [2.05, 4.69) is 243 Å². The second kappa shape index (κ2) is 16.1. The minimum absolute atomic E-state index is 0.0926. The molecule has 0 aliphatic heterocycles. The number of aryl methyl sites for hydroxylation is 4. The molecule has 0 saturated carbocycles. The van der Waals surface area contributed by atoms with E-state index in [1.54, 1.807) is 0 Å². The van der Waals surface area contributed by atoms with Crippen molar-refractivity contribution in [2.24, 2.45) is 5.92 Å². The van der Waals surface area contributed by atoms with Gasteiger partial charge in [-0.2, -0.15) is 0 Å². The SMILES string of the molecule is Cc1ccc(-c2cc3ccc(-c4cc5cc(-c6ccc7ccc8cc(CC(C)C)cc9ccc6c7c89)ccc5cc4-c4ccc(C)c(C)c4)cc3cc2-c2ccc3c(c2)C(C)(C)c2ccccc2-3)cc1C. The highest BCUT2D eigenvalue weighted by Crippen LogP contribution is 2.51. The Labute approximate surface area is 418 Å². The first-order chi connectivity index (χ1) is 34.4. The van der Waals surface area contributed by atoms with Crippen LogP contribution in [-0.4, -0.2) is 0 Å². The summed E-state index contributed by atoms with van der Waals surface area (Å²) >= 11 is 0. The monoisotopic (exact) mass is 910 g/mol. The number of hydrogen-bond donors (Lipinski definition) is 0. The minimum Gasteiger partial charge on any atom is -0.0625 e. The van der Waals surface area contributed by atoms with Gasteiger partial charge < -0.3 is 0 Å². The Bertz CT molecular complexity index is 4150. The van der Waals surface area contributed by atoms with Crippen molar-refractivity contribution in [1.82, 2.24) is 0 Å². The van der Waals surface area contributed by atoms with Crippen LogP contribution < -0.4 is 0 Å². The van der Waals surface area contributed by atoms with E-state index in [0.717, 1.165) is 6.42 Å². The highest BCUT2D eigenvalue weighted by molar-refractivity contribution is 6.25. The van der Waals surface area contributed by atoms with Crippen molar-refractivity contribution in [1.29, 1.82) is 0 Å². The first-order valence-electron chi connectivity index (χ1n) is 25.6. The van der Waals surface area contributed by atoms with Gasteiger partial charge in [-0.25, -0.2) is 0 Å². The van der Waals surface area contributed by atoms with E-state index < -0.39 is 0 Å². The molecule has 0 saturated heterocycles. The van der Waals surface area contributed by atoms with Crippen molar-refractivity contribution in [3.8, 4) is 66.8 Å². The molecule has 0 bridgehead atoms. The largest absolute Gasteiger partial charge is 0.0625 e. The van der Waals surface area contributed by atoms with Gasteiger partial charge in [0.2, 0.25) is 0 Å². The molecule has 0 atom stereocenters. The minimum atomic E-state index is -0.0926. The fraction of sp³-hybridized carbons (Fsp3) is 0.155. The van der Waals surface area contributed by atoms with Crippen molar-refractivity contribution in [3.05, 3.63) is 227 Å². The predicted molar refractivity (Wildman–Crippen MR) is 307 cm³/mol. The summed E-state index contributed by atoms with van der Waals surface area (Å²) in [4.78, 5) is 0. The van der Waals surface area contributed by atoms with Crippen LogP contribution in [0.15, 0.2) is 188 Å². The van der Waals surface area contributed by atoms with Crippen molar-refractivity contribution in [2.75, 3.05) is 0 Å². The normalized spacial score (nSPS) is 13.1. The first-order valence-corrected chi connectivity index (χ1v) is 25.6. The summed E-state index contributed by atoms with van der Waals surface area (Å²) in [6, 6.07) is 73.0. The van der Waals surface area contributed by atoms with Gasteiger partial charge in [0.15, 0.2) is 0 Å². The Morgan fingerprint density at radius 2 is 0.775 bits per heavy atom. The average molecular weight is 911 g/mol. The van der Waals surface area contributed by atoms with Crippen molar-refractivity contribution in [3.63, 3.8) is 0 Å². The fourth-order valence-electron chi connectivity index (χ4n) is 12.3. The maximum Gasteiger partial charge on any atom is 0.0159 e. The van der Waals surface area contributed by atoms with Crippen LogP contribution in [0, 0.1) is 33.6 Å². The number of fused-ring (bicyclic) bond motifs is 5. The molecule has 1 aliphatic rings. The third kappa shape index (κ3) is 7.02. The molecule has 0 fully saturated rings. The molecule has 342 valence electrons. The molecular weight excluding hydrogens is 853 g/mol. The van der Waals surface area contributed by atoms with Crippen LogP contribution in [0.1, 0.15) is 66.6 Å². The Kier molecular flexibility index (Phi) is 9.82. The standard InChI is InChI=1S/C71H58/c1-41(2)29-46-32-55-22-17-47-23-26-59(62-28-25-56(33-46)69(55)70(47)62)52-20-18-48-36-63(50-15-13-42(3)44(5)30-50)65(38-57(48)34-52)53-21-19-49-37-64(51-16-14-43(4)45(6)31-51)66(39-58(49)35-53)54-24-27-61-60-11-9-10-12-67(60)71(7,8)68(61)40-54/h9-28,30-41H,29H2,1-8H3. The van der Waals surface area contributed by atoms with Gasteiger partial charge >= 0.3 is 0 Å². The van der Waals surface area contributed by atoms with Gasteiger partial charge in [-0.15, -0.1) is 0 Å². The summed E-state index contributed by atoms with van der Waals surface area (Å²) in [6.07, 6.45) is 1.09. The molecule has 12 aromatic rings. The number of benzene rings is 12. The summed E-state index contributed by atoms with van der Waals surface area (Å²) in [6.45, 7) is 18.3. The Morgan fingerprint density at radius 1 is 0.324 bits per heavy atom. The van der Waals surface area contributed by atoms with Crippen LogP contribution in [-0.2, 0) is 11.8 Å². The second-order valence-electron chi connectivity index (χ2n) is 21.9.